The predicted octanol–water partition coefficient (Wildman–Crippen LogP) is 2.47. The average Bonchev–Trinajstić information content (AvgIpc) is 2.61. The van der Waals surface area contributed by atoms with E-state index in [9.17, 15) is 18.3 Å². The van der Waals surface area contributed by atoms with Crippen molar-refractivity contribution in [2.45, 2.75) is 31.6 Å². The van der Waals surface area contributed by atoms with E-state index >= 15 is 0 Å². The van der Waals surface area contributed by atoms with Gasteiger partial charge in [-0.1, -0.05) is 30.3 Å². The van der Waals surface area contributed by atoms with Gasteiger partial charge < -0.3 is 10.4 Å². The number of carbonyl (C=O) groups is 1. The second kappa shape index (κ2) is 7.99. The standard InChI is InChI=1S/C19H24N2O4S/c1-14(2)26(24,25)20-13-19(3,23)16-9-11-17(12-10-16)21-18(22)15-7-5-4-6-8-15/h4-12,14,20,23H,13H2,1-3H3,(H,21,22). The van der Waals surface area contributed by atoms with E-state index in [1.807, 2.05) is 6.07 Å². The van der Waals surface area contributed by atoms with Crippen molar-refractivity contribution in [3.63, 3.8) is 0 Å². The second-order valence-electron chi connectivity index (χ2n) is 6.59. The summed E-state index contributed by atoms with van der Waals surface area (Å²) in [6, 6.07) is 15.5. The van der Waals surface area contributed by atoms with Crippen molar-refractivity contribution in [3.8, 4) is 0 Å². The normalized spacial score (nSPS) is 14.0. The van der Waals surface area contributed by atoms with E-state index in [0.717, 1.165) is 0 Å². The summed E-state index contributed by atoms with van der Waals surface area (Å²) in [6.07, 6.45) is 0. The van der Waals surface area contributed by atoms with Gasteiger partial charge in [0.15, 0.2) is 0 Å². The van der Waals surface area contributed by atoms with E-state index in [-0.39, 0.29) is 12.5 Å². The van der Waals surface area contributed by atoms with Crippen LogP contribution in [0.25, 0.3) is 0 Å². The molecule has 0 aliphatic heterocycles. The first-order valence-corrected chi connectivity index (χ1v) is 9.84. The molecule has 0 heterocycles. The van der Waals surface area contributed by atoms with Crippen molar-refractivity contribution in [1.29, 1.82) is 0 Å². The lowest BCUT2D eigenvalue weighted by Crippen LogP contribution is -2.41. The minimum atomic E-state index is -3.46. The van der Waals surface area contributed by atoms with Crippen molar-refractivity contribution >= 4 is 21.6 Å². The lowest BCUT2D eigenvalue weighted by molar-refractivity contribution is 0.0627. The van der Waals surface area contributed by atoms with Crippen LogP contribution < -0.4 is 10.0 Å². The molecule has 140 valence electrons. The first-order valence-electron chi connectivity index (χ1n) is 8.29. The number of hydrogen-bond donors (Lipinski definition) is 3. The molecule has 0 radical (unpaired) electrons. The van der Waals surface area contributed by atoms with Crippen LogP contribution in [-0.4, -0.2) is 31.2 Å². The third-order valence-corrected chi connectivity index (χ3v) is 5.83. The van der Waals surface area contributed by atoms with Gasteiger partial charge in [0.2, 0.25) is 10.0 Å². The summed E-state index contributed by atoms with van der Waals surface area (Å²) in [6.45, 7) is 4.54. The van der Waals surface area contributed by atoms with E-state index in [2.05, 4.69) is 10.0 Å². The predicted molar refractivity (Wildman–Crippen MR) is 102 cm³/mol. The number of sulfonamides is 1. The summed E-state index contributed by atoms with van der Waals surface area (Å²) < 4.78 is 26.1. The van der Waals surface area contributed by atoms with Crippen LogP contribution in [0.3, 0.4) is 0 Å². The molecule has 26 heavy (non-hydrogen) atoms. The van der Waals surface area contributed by atoms with Crippen molar-refractivity contribution in [1.82, 2.24) is 4.72 Å². The molecule has 0 saturated heterocycles. The summed E-state index contributed by atoms with van der Waals surface area (Å²) in [7, 11) is -3.46. The molecule has 1 amide bonds. The number of anilines is 1. The molecule has 1 atom stereocenters. The molecule has 6 nitrogen and oxygen atoms in total. The fraction of sp³-hybridized carbons (Fsp3) is 0.316. The maximum atomic E-state index is 12.1. The van der Waals surface area contributed by atoms with Gasteiger partial charge >= 0.3 is 0 Å². The van der Waals surface area contributed by atoms with Gasteiger partial charge in [0.05, 0.1) is 5.25 Å². The first-order chi connectivity index (χ1) is 12.1. The summed E-state index contributed by atoms with van der Waals surface area (Å²) in [5, 5.41) is 12.8. The minimum Gasteiger partial charge on any atom is -0.384 e. The van der Waals surface area contributed by atoms with Gasteiger partial charge in [-0.3, -0.25) is 4.79 Å². The fourth-order valence-corrected chi connectivity index (χ4v) is 3.03. The zero-order chi connectivity index (χ0) is 19.4. The average molecular weight is 376 g/mol. The Morgan fingerprint density at radius 1 is 1.08 bits per heavy atom. The summed E-state index contributed by atoms with van der Waals surface area (Å²) >= 11 is 0. The second-order valence-corrected chi connectivity index (χ2v) is 8.91. The molecule has 1 unspecified atom stereocenters. The number of carbonyl (C=O) groups excluding carboxylic acids is 1. The Morgan fingerprint density at radius 2 is 1.65 bits per heavy atom. The number of benzene rings is 2. The highest BCUT2D eigenvalue weighted by molar-refractivity contribution is 7.90. The highest BCUT2D eigenvalue weighted by Gasteiger charge is 2.26. The van der Waals surface area contributed by atoms with Crippen LogP contribution in [0.15, 0.2) is 54.6 Å². The smallest absolute Gasteiger partial charge is 0.255 e. The molecule has 2 aromatic carbocycles. The van der Waals surface area contributed by atoms with Crippen molar-refractivity contribution in [2.24, 2.45) is 0 Å². The Balaban J connectivity index is 2.05. The third-order valence-electron chi connectivity index (χ3n) is 4.04. The lowest BCUT2D eigenvalue weighted by atomic mass is 9.96. The molecular formula is C19H24N2O4S. The Bertz CT molecular complexity index is 845. The van der Waals surface area contributed by atoms with Gasteiger partial charge in [-0.2, -0.15) is 0 Å². The number of amides is 1. The third kappa shape index (κ3) is 5.14. The Kier molecular flexibility index (Phi) is 6.17. The van der Waals surface area contributed by atoms with Crippen LogP contribution in [-0.2, 0) is 15.6 Å². The van der Waals surface area contributed by atoms with Gasteiger partial charge in [0.1, 0.15) is 5.60 Å². The fourth-order valence-electron chi connectivity index (χ4n) is 2.22. The monoisotopic (exact) mass is 376 g/mol. The highest BCUT2D eigenvalue weighted by Crippen LogP contribution is 2.22. The van der Waals surface area contributed by atoms with Crippen LogP contribution >= 0.6 is 0 Å². The zero-order valence-electron chi connectivity index (χ0n) is 15.1. The quantitative estimate of drug-likeness (QED) is 0.692. The molecule has 0 bridgehead atoms. The van der Waals surface area contributed by atoms with Crippen LogP contribution in [0.4, 0.5) is 5.69 Å². The molecule has 7 heteroatoms. The van der Waals surface area contributed by atoms with Gasteiger partial charge in [-0.15, -0.1) is 0 Å². The molecule has 2 aromatic rings. The van der Waals surface area contributed by atoms with Crippen molar-refractivity contribution < 1.29 is 18.3 Å². The highest BCUT2D eigenvalue weighted by atomic mass is 32.2. The van der Waals surface area contributed by atoms with Crippen molar-refractivity contribution in [3.05, 3.63) is 65.7 Å². The number of nitrogens with one attached hydrogen (secondary N) is 2. The largest absolute Gasteiger partial charge is 0.384 e. The van der Waals surface area contributed by atoms with Gasteiger partial charge in [0.25, 0.3) is 5.91 Å². The van der Waals surface area contributed by atoms with Gasteiger partial charge in [-0.25, -0.2) is 13.1 Å². The molecule has 0 aromatic heterocycles. The molecule has 0 saturated carbocycles. The first kappa shape index (κ1) is 20.1. The van der Waals surface area contributed by atoms with Crippen LogP contribution in [0.1, 0.15) is 36.7 Å². The van der Waals surface area contributed by atoms with Crippen LogP contribution in [0.2, 0.25) is 0 Å². The van der Waals surface area contributed by atoms with Gasteiger partial charge in [-0.05, 0) is 50.6 Å². The van der Waals surface area contributed by atoms with Crippen molar-refractivity contribution in [2.75, 3.05) is 11.9 Å². The molecule has 3 N–H and O–H groups in total. The van der Waals surface area contributed by atoms with E-state index in [1.54, 1.807) is 62.4 Å². The maximum absolute atomic E-state index is 12.1. The summed E-state index contributed by atoms with van der Waals surface area (Å²) in [5.41, 5.74) is 0.304. The minimum absolute atomic E-state index is 0.136. The number of hydrogen-bond acceptors (Lipinski definition) is 4. The van der Waals surface area contributed by atoms with E-state index in [1.165, 1.54) is 6.92 Å². The molecular weight excluding hydrogens is 352 g/mol. The summed E-state index contributed by atoms with van der Waals surface area (Å²) in [4.78, 5) is 12.1. The van der Waals surface area contributed by atoms with Crippen LogP contribution in [0, 0.1) is 0 Å². The lowest BCUT2D eigenvalue weighted by Gasteiger charge is -2.25. The molecule has 0 spiro atoms. The Morgan fingerprint density at radius 3 is 2.19 bits per heavy atom. The van der Waals surface area contributed by atoms with E-state index in [0.29, 0.717) is 16.8 Å². The van der Waals surface area contributed by atoms with Crippen LogP contribution in [0.5, 0.6) is 0 Å². The Hall–Kier alpha value is -2.22. The van der Waals surface area contributed by atoms with Gasteiger partial charge in [0, 0.05) is 17.8 Å². The molecule has 0 aliphatic rings. The molecule has 0 fully saturated rings. The number of aliphatic hydroxyl groups is 1. The SMILES string of the molecule is CC(C)S(=O)(=O)NCC(C)(O)c1ccc(NC(=O)c2ccccc2)cc1. The topological polar surface area (TPSA) is 95.5 Å². The van der Waals surface area contributed by atoms with E-state index < -0.39 is 20.9 Å². The molecule has 2 rings (SSSR count). The Labute approximate surface area is 154 Å². The summed E-state index contributed by atoms with van der Waals surface area (Å²) in [5.74, 6) is -0.227. The number of rotatable bonds is 7. The molecule has 0 aliphatic carbocycles. The van der Waals surface area contributed by atoms with E-state index in [4.69, 9.17) is 0 Å². The maximum Gasteiger partial charge on any atom is 0.255 e. The zero-order valence-corrected chi connectivity index (χ0v) is 15.9.